The highest BCUT2D eigenvalue weighted by molar-refractivity contribution is 6.30. The molecule has 0 bridgehead atoms. The Morgan fingerprint density at radius 1 is 1.69 bits per heavy atom. The Bertz CT molecular complexity index is 445. The van der Waals surface area contributed by atoms with Gasteiger partial charge in [0.2, 0.25) is 5.91 Å². The van der Waals surface area contributed by atoms with E-state index in [0.29, 0.717) is 23.8 Å². The number of anilines is 1. The van der Waals surface area contributed by atoms with Crippen LogP contribution in [0, 0.1) is 12.8 Å². The van der Waals surface area contributed by atoms with Gasteiger partial charge in [-0.2, -0.15) is 0 Å². The van der Waals surface area contributed by atoms with Crippen molar-refractivity contribution >= 4 is 23.3 Å². The van der Waals surface area contributed by atoms with Gasteiger partial charge >= 0.3 is 0 Å². The van der Waals surface area contributed by atoms with Gasteiger partial charge in [0.25, 0.3) is 0 Å². The Labute approximate surface area is 99.7 Å². The third-order valence-electron chi connectivity index (χ3n) is 2.76. The highest BCUT2D eigenvalue weighted by Gasteiger charge is 2.30. The molecule has 4 heteroatoms. The van der Waals surface area contributed by atoms with Gasteiger partial charge in [-0.3, -0.25) is 9.69 Å². The summed E-state index contributed by atoms with van der Waals surface area (Å²) in [5.41, 5.74) is 0.922. The predicted molar refractivity (Wildman–Crippen MR) is 64.6 cm³/mol. The second-order valence-electron chi connectivity index (χ2n) is 4.00. The average Bonchev–Trinajstić information content (AvgIpc) is 2.60. The molecule has 0 radical (unpaired) electrons. The summed E-state index contributed by atoms with van der Waals surface area (Å²) in [5, 5.41) is 0.591. The van der Waals surface area contributed by atoms with Gasteiger partial charge in [-0.25, -0.2) is 4.98 Å². The number of hydrogen-bond acceptors (Lipinski definition) is 2. The fraction of sp³-hybridized carbons (Fsp3) is 0.333. The first-order chi connectivity index (χ1) is 7.61. The van der Waals surface area contributed by atoms with Crippen molar-refractivity contribution in [2.45, 2.75) is 13.3 Å². The fourth-order valence-corrected chi connectivity index (χ4v) is 2.13. The summed E-state index contributed by atoms with van der Waals surface area (Å²) in [4.78, 5) is 17.7. The molecule has 0 aliphatic carbocycles. The van der Waals surface area contributed by atoms with E-state index in [1.807, 2.05) is 19.1 Å². The maximum Gasteiger partial charge on any atom is 0.228 e. The number of aryl methyl sites for hydroxylation is 1. The Kier molecular flexibility index (Phi) is 2.97. The van der Waals surface area contributed by atoms with E-state index in [4.69, 9.17) is 11.6 Å². The van der Waals surface area contributed by atoms with E-state index >= 15 is 0 Å². The van der Waals surface area contributed by atoms with Crippen LogP contribution in [-0.4, -0.2) is 17.4 Å². The maximum atomic E-state index is 11.8. The normalized spacial score (nSPS) is 20.2. The van der Waals surface area contributed by atoms with Crippen molar-refractivity contribution in [2.24, 2.45) is 5.92 Å². The summed E-state index contributed by atoms with van der Waals surface area (Å²) in [6.07, 6.45) is 3.91. The number of rotatable bonds is 2. The van der Waals surface area contributed by atoms with Crippen molar-refractivity contribution in [3.63, 3.8) is 0 Å². The number of halogens is 1. The number of carbonyl (C=O) groups excluding carboxylic acids is 1. The molecule has 1 aromatic heterocycles. The Balaban J connectivity index is 2.31. The molecule has 84 valence electrons. The van der Waals surface area contributed by atoms with Crippen LogP contribution in [0.4, 0.5) is 5.82 Å². The molecule has 1 unspecified atom stereocenters. The second kappa shape index (κ2) is 4.26. The maximum absolute atomic E-state index is 11.8. The number of pyridine rings is 1. The fourth-order valence-electron chi connectivity index (χ4n) is 1.91. The van der Waals surface area contributed by atoms with E-state index in [0.717, 1.165) is 5.56 Å². The first-order valence-electron chi connectivity index (χ1n) is 5.17. The summed E-state index contributed by atoms with van der Waals surface area (Å²) >= 11 is 5.83. The lowest BCUT2D eigenvalue weighted by Gasteiger charge is -2.17. The number of hydrogen-bond donors (Lipinski definition) is 0. The molecule has 16 heavy (non-hydrogen) atoms. The molecular weight excluding hydrogens is 224 g/mol. The summed E-state index contributed by atoms with van der Waals surface area (Å²) in [7, 11) is 0. The third-order valence-corrected chi connectivity index (χ3v) is 2.97. The minimum Gasteiger partial charge on any atom is -0.296 e. The van der Waals surface area contributed by atoms with Gasteiger partial charge in [-0.05, 0) is 18.6 Å². The predicted octanol–water partition coefficient (Wildman–Crippen LogP) is 2.58. The molecular formula is C12H13ClN2O. The van der Waals surface area contributed by atoms with Crippen LogP contribution >= 0.6 is 11.6 Å². The highest BCUT2D eigenvalue weighted by Crippen LogP contribution is 2.27. The molecule has 1 saturated heterocycles. The molecule has 2 rings (SSSR count). The average molecular weight is 237 g/mol. The molecule has 1 fully saturated rings. The van der Waals surface area contributed by atoms with Gasteiger partial charge in [0, 0.05) is 25.1 Å². The van der Waals surface area contributed by atoms with Gasteiger partial charge < -0.3 is 0 Å². The van der Waals surface area contributed by atoms with Gasteiger partial charge in [0.05, 0.1) is 5.02 Å². The molecule has 3 nitrogen and oxygen atoms in total. The number of aromatic nitrogens is 1. The SMILES string of the molecule is C=CC1CC(=O)N(c2ncc(Cl)cc2C)C1. The molecule has 0 spiro atoms. The van der Waals surface area contributed by atoms with Crippen molar-refractivity contribution in [1.82, 2.24) is 4.98 Å². The van der Waals surface area contributed by atoms with E-state index in [1.54, 1.807) is 11.1 Å². The molecule has 1 aromatic rings. The molecule has 1 aliphatic heterocycles. The van der Waals surface area contributed by atoms with E-state index in [9.17, 15) is 4.79 Å². The Morgan fingerprint density at radius 2 is 2.44 bits per heavy atom. The monoisotopic (exact) mass is 236 g/mol. The molecule has 1 amide bonds. The summed E-state index contributed by atoms with van der Waals surface area (Å²) in [6.45, 7) is 6.29. The minimum atomic E-state index is 0.0998. The topological polar surface area (TPSA) is 33.2 Å². The van der Waals surface area contributed by atoms with Crippen LogP contribution in [0.5, 0.6) is 0 Å². The van der Waals surface area contributed by atoms with Crippen molar-refractivity contribution in [3.05, 3.63) is 35.5 Å². The van der Waals surface area contributed by atoms with Gasteiger partial charge in [-0.15, -0.1) is 6.58 Å². The third kappa shape index (κ3) is 1.95. The molecule has 2 heterocycles. The zero-order valence-corrected chi connectivity index (χ0v) is 9.87. The van der Waals surface area contributed by atoms with Crippen LogP contribution in [0.2, 0.25) is 5.02 Å². The van der Waals surface area contributed by atoms with Crippen LogP contribution in [-0.2, 0) is 4.79 Å². The number of amides is 1. The quantitative estimate of drug-likeness (QED) is 0.740. The molecule has 1 aliphatic rings. The van der Waals surface area contributed by atoms with Gasteiger partial charge in [0.1, 0.15) is 5.82 Å². The summed E-state index contributed by atoms with van der Waals surface area (Å²) < 4.78 is 0. The smallest absolute Gasteiger partial charge is 0.228 e. The summed E-state index contributed by atoms with van der Waals surface area (Å²) in [5.74, 6) is 1.03. The minimum absolute atomic E-state index is 0.0998. The molecule has 0 N–H and O–H groups in total. The van der Waals surface area contributed by atoms with Gasteiger partial charge in [0.15, 0.2) is 0 Å². The van der Waals surface area contributed by atoms with E-state index in [-0.39, 0.29) is 11.8 Å². The van der Waals surface area contributed by atoms with Crippen molar-refractivity contribution < 1.29 is 4.79 Å². The second-order valence-corrected chi connectivity index (χ2v) is 4.43. The molecule has 1 atom stereocenters. The summed E-state index contributed by atoms with van der Waals surface area (Å²) in [6, 6.07) is 1.82. The number of carbonyl (C=O) groups is 1. The highest BCUT2D eigenvalue weighted by atomic mass is 35.5. The zero-order valence-electron chi connectivity index (χ0n) is 9.11. The lowest BCUT2D eigenvalue weighted by molar-refractivity contribution is -0.117. The first-order valence-corrected chi connectivity index (χ1v) is 5.54. The van der Waals surface area contributed by atoms with E-state index in [1.165, 1.54) is 0 Å². The molecule has 0 aromatic carbocycles. The Hall–Kier alpha value is -1.35. The van der Waals surface area contributed by atoms with Crippen molar-refractivity contribution in [2.75, 3.05) is 11.4 Å². The van der Waals surface area contributed by atoms with E-state index < -0.39 is 0 Å². The van der Waals surface area contributed by atoms with Crippen LogP contribution in [0.25, 0.3) is 0 Å². The lowest BCUT2D eigenvalue weighted by atomic mass is 10.1. The van der Waals surface area contributed by atoms with Crippen LogP contribution in [0.15, 0.2) is 24.9 Å². The van der Waals surface area contributed by atoms with Crippen LogP contribution in [0.1, 0.15) is 12.0 Å². The first kappa shape index (κ1) is 11.1. The van der Waals surface area contributed by atoms with Crippen LogP contribution in [0.3, 0.4) is 0 Å². The largest absolute Gasteiger partial charge is 0.296 e. The Morgan fingerprint density at radius 3 is 3.00 bits per heavy atom. The van der Waals surface area contributed by atoms with Crippen molar-refractivity contribution in [3.8, 4) is 0 Å². The standard InChI is InChI=1S/C12H13ClN2O/c1-3-9-5-11(16)15(7-9)12-8(2)4-10(13)6-14-12/h3-4,6,9H,1,5,7H2,2H3. The van der Waals surface area contributed by atoms with Crippen LogP contribution < -0.4 is 4.90 Å². The van der Waals surface area contributed by atoms with Crippen molar-refractivity contribution in [1.29, 1.82) is 0 Å². The molecule has 0 saturated carbocycles. The lowest BCUT2D eigenvalue weighted by Crippen LogP contribution is -2.26. The van der Waals surface area contributed by atoms with E-state index in [2.05, 4.69) is 11.6 Å². The van der Waals surface area contributed by atoms with Gasteiger partial charge in [-0.1, -0.05) is 17.7 Å². The zero-order chi connectivity index (χ0) is 11.7. The number of nitrogens with zero attached hydrogens (tertiary/aromatic N) is 2.